The van der Waals surface area contributed by atoms with Crippen LogP contribution in [0.4, 0.5) is 0 Å². The molecule has 0 aromatic carbocycles. The van der Waals surface area contributed by atoms with Crippen LogP contribution in [0.25, 0.3) is 0 Å². The summed E-state index contributed by atoms with van der Waals surface area (Å²) in [6.07, 6.45) is 34.3. The Balaban J connectivity index is 2.67. The Morgan fingerprint density at radius 2 is 0.948 bits per heavy atom. The van der Waals surface area contributed by atoms with E-state index in [1.54, 1.807) is 6.92 Å². The van der Waals surface area contributed by atoms with E-state index in [0.717, 1.165) is 57.8 Å². The average Bonchev–Trinajstić information content (AvgIpc) is 3.20. The van der Waals surface area contributed by atoms with Crippen LogP contribution in [0.5, 0.6) is 0 Å². The van der Waals surface area contributed by atoms with Crippen LogP contribution in [0.15, 0.2) is 0 Å². The van der Waals surface area contributed by atoms with Gasteiger partial charge in [-0.25, -0.2) is 0 Å². The van der Waals surface area contributed by atoms with Gasteiger partial charge in [0.1, 0.15) is 18.2 Å². The highest BCUT2D eigenvalue weighted by atomic mass is 16.6. The molecule has 1 rings (SSSR count). The first-order chi connectivity index (χ1) is 28.3. The lowest BCUT2D eigenvalue weighted by molar-refractivity contribution is -0.241. The third-order valence-electron chi connectivity index (χ3n) is 12.2. The van der Waals surface area contributed by atoms with Crippen molar-refractivity contribution in [3.63, 3.8) is 0 Å². The lowest BCUT2D eigenvalue weighted by Gasteiger charge is -2.43. The summed E-state index contributed by atoms with van der Waals surface area (Å²) in [5.74, 6) is -1.49. The summed E-state index contributed by atoms with van der Waals surface area (Å²) >= 11 is 0. The van der Waals surface area contributed by atoms with Crippen molar-refractivity contribution in [2.24, 2.45) is 5.92 Å². The van der Waals surface area contributed by atoms with Gasteiger partial charge in [-0.2, -0.15) is 0 Å². The number of aliphatic hydroxyl groups is 2. The largest absolute Gasteiger partial charge is 0.462 e. The maximum Gasteiger partial charge on any atom is 0.306 e. The smallest absolute Gasteiger partial charge is 0.306 e. The van der Waals surface area contributed by atoms with Gasteiger partial charge >= 0.3 is 11.9 Å². The highest BCUT2D eigenvalue weighted by Gasteiger charge is 2.46. The Labute approximate surface area is 356 Å². The molecule has 0 aromatic heterocycles. The van der Waals surface area contributed by atoms with E-state index in [1.807, 2.05) is 0 Å². The molecule has 1 aliphatic heterocycles. The van der Waals surface area contributed by atoms with Gasteiger partial charge in [0.2, 0.25) is 5.91 Å². The Bertz CT molecular complexity index is 978. The van der Waals surface area contributed by atoms with Gasteiger partial charge in [-0.15, -0.1) is 0 Å². The van der Waals surface area contributed by atoms with E-state index in [0.29, 0.717) is 12.8 Å². The Morgan fingerprint density at radius 1 is 0.569 bits per heavy atom. The lowest BCUT2D eigenvalue weighted by Crippen LogP contribution is -2.62. The van der Waals surface area contributed by atoms with Gasteiger partial charge < -0.3 is 29.7 Å². The second kappa shape index (κ2) is 38.2. The fourth-order valence-electron chi connectivity index (χ4n) is 8.29. The van der Waals surface area contributed by atoms with Gasteiger partial charge in [0.25, 0.3) is 0 Å². The number of carbonyl (C=O) groups excluding carboxylic acids is 3. The quantitative estimate of drug-likeness (QED) is 0.0411. The molecule has 9 nitrogen and oxygen atoms in total. The van der Waals surface area contributed by atoms with E-state index >= 15 is 0 Å². The number of carbonyl (C=O) groups is 3. The Kier molecular flexibility index (Phi) is 35.8. The van der Waals surface area contributed by atoms with Crippen molar-refractivity contribution in [2.75, 3.05) is 6.61 Å². The van der Waals surface area contributed by atoms with Crippen LogP contribution < -0.4 is 5.32 Å². The van der Waals surface area contributed by atoms with Crippen LogP contribution in [-0.4, -0.2) is 65.3 Å². The molecule has 0 bridgehead atoms. The molecule has 1 amide bonds. The molecule has 3 N–H and O–H groups in total. The average molecular weight is 824 g/mol. The van der Waals surface area contributed by atoms with E-state index in [2.05, 4.69) is 26.1 Å². The van der Waals surface area contributed by atoms with Crippen molar-refractivity contribution in [3.8, 4) is 0 Å². The van der Waals surface area contributed by atoms with Gasteiger partial charge in [0.15, 0.2) is 6.29 Å². The van der Waals surface area contributed by atoms with Crippen LogP contribution in [0.3, 0.4) is 0 Å². The molecule has 0 aliphatic carbocycles. The predicted molar refractivity (Wildman–Crippen MR) is 237 cm³/mol. The van der Waals surface area contributed by atoms with Crippen molar-refractivity contribution >= 4 is 17.8 Å². The van der Waals surface area contributed by atoms with Crippen LogP contribution in [0.1, 0.15) is 252 Å². The number of rotatable bonds is 40. The third kappa shape index (κ3) is 28.7. The van der Waals surface area contributed by atoms with E-state index in [-0.39, 0.29) is 31.4 Å². The van der Waals surface area contributed by atoms with Gasteiger partial charge in [-0.3, -0.25) is 14.4 Å². The molecular formula is C49H93NO8. The fraction of sp³-hybridized carbons (Fsp3) is 0.939. The molecule has 1 saturated heterocycles. The van der Waals surface area contributed by atoms with Crippen molar-refractivity contribution in [2.45, 2.75) is 283 Å². The predicted octanol–water partition coefficient (Wildman–Crippen LogP) is 12.4. The van der Waals surface area contributed by atoms with Crippen LogP contribution in [0.2, 0.25) is 0 Å². The van der Waals surface area contributed by atoms with Gasteiger partial charge in [-0.1, -0.05) is 207 Å². The third-order valence-corrected chi connectivity index (χ3v) is 12.2. The fourth-order valence-corrected chi connectivity index (χ4v) is 8.29. The zero-order valence-electron chi connectivity index (χ0n) is 38.3. The summed E-state index contributed by atoms with van der Waals surface area (Å²) in [7, 11) is 0. The minimum absolute atomic E-state index is 0.0402. The number of hydrogen-bond acceptors (Lipinski definition) is 8. The monoisotopic (exact) mass is 824 g/mol. The molecular weight excluding hydrogens is 731 g/mol. The number of hydrogen-bond donors (Lipinski definition) is 3. The first kappa shape index (κ1) is 54.3. The summed E-state index contributed by atoms with van der Waals surface area (Å²) in [5, 5.41) is 23.8. The Morgan fingerprint density at radius 3 is 1.36 bits per heavy atom. The number of nitrogens with one attached hydrogen (secondary N) is 1. The molecule has 0 aromatic rings. The summed E-state index contributed by atoms with van der Waals surface area (Å²) in [4.78, 5) is 39.6. The number of ether oxygens (including phenoxy) is 3. The number of aliphatic hydroxyl groups excluding tert-OH is 2. The van der Waals surface area contributed by atoms with E-state index in [4.69, 9.17) is 14.2 Å². The molecule has 0 spiro atoms. The second-order valence-corrected chi connectivity index (χ2v) is 17.7. The summed E-state index contributed by atoms with van der Waals surface area (Å²) in [6, 6.07) is -1.01. The standard InChI is InChI=1S/C49H93NO8/c1-5-8-11-14-17-20-22-25-28-31-34-37-45(53)56-42(36-33-30-27-24-19-16-13-10-7-3)39-44(52)50-47-48(41(4)43(40-51)57-49(47)55)58-46(54)38-35-32-29-26-23-21-18-15-12-9-6-2/h41-43,47-49,51,55H,5-40H2,1-4H3,(H,50,52)/t41-,42-,43-,47-,48+,49?/m1/s1. The van der Waals surface area contributed by atoms with E-state index < -0.39 is 42.5 Å². The minimum Gasteiger partial charge on any atom is -0.462 e. The maximum absolute atomic E-state index is 13.6. The maximum atomic E-state index is 13.6. The first-order valence-electron chi connectivity index (χ1n) is 24.9. The molecule has 1 unspecified atom stereocenters. The highest BCUT2D eigenvalue weighted by molar-refractivity contribution is 5.78. The number of amides is 1. The summed E-state index contributed by atoms with van der Waals surface area (Å²) < 4.78 is 17.5. The molecule has 0 radical (unpaired) electrons. The number of esters is 2. The zero-order valence-corrected chi connectivity index (χ0v) is 38.3. The molecule has 342 valence electrons. The topological polar surface area (TPSA) is 131 Å². The highest BCUT2D eigenvalue weighted by Crippen LogP contribution is 2.28. The van der Waals surface area contributed by atoms with E-state index in [9.17, 15) is 24.6 Å². The van der Waals surface area contributed by atoms with Crippen LogP contribution >= 0.6 is 0 Å². The van der Waals surface area contributed by atoms with E-state index in [1.165, 1.54) is 141 Å². The van der Waals surface area contributed by atoms with Crippen molar-refractivity contribution < 1.29 is 38.8 Å². The van der Waals surface area contributed by atoms with Crippen molar-refractivity contribution in [3.05, 3.63) is 0 Å². The number of unbranched alkanes of at least 4 members (excludes halogenated alkanes) is 28. The molecule has 0 saturated carbocycles. The SMILES string of the molecule is CCCCCCCCCCCCCC(=O)O[C@H](CCCCCCCCCCC)CC(=O)N[C@H]1C(O)O[C@H](CO)[C@@H](C)[C@@H]1OC(=O)CCCCCCCCCCCCC. The summed E-state index contributed by atoms with van der Waals surface area (Å²) in [5.41, 5.74) is 0. The molecule has 58 heavy (non-hydrogen) atoms. The summed E-state index contributed by atoms with van der Waals surface area (Å²) in [6.45, 7) is 8.17. The first-order valence-corrected chi connectivity index (χ1v) is 24.9. The van der Waals surface area contributed by atoms with Gasteiger partial charge in [0.05, 0.1) is 19.1 Å². The molecule has 1 heterocycles. The Hall–Kier alpha value is -1.71. The molecule has 9 heteroatoms. The normalized spacial score (nSPS) is 19.9. The van der Waals surface area contributed by atoms with Crippen molar-refractivity contribution in [1.29, 1.82) is 0 Å². The zero-order chi connectivity index (χ0) is 42.5. The molecule has 1 fully saturated rings. The second-order valence-electron chi connectivity index (χ2n) is 17.7. The lowest BCUT2D eigenvalue weighted by atomic mass is 9.89. The molecule has 6 atom stereocenters. The minimum atomic E-state index is -1.46. The van der Waals surface area contributed by atoms with Crippen molar-refractivity contribution in [1.82, 2.24) is 5.32 Å². The van der Waals surface area contributed by atoms with Crippen LogP contribution in [-0.2, 0) is 28.6 Å². The van der Waals surface area contributed by atoms with Crippen LogP contribution in [0, 0.1) is 5.92 Å². The molecule has 1 aliphatic rings. The van der Waals surface area contributed by atoms with Gasteiger partial charge in [-0.05, 0) is 25.7 Å². The van der Waals surface area contributed by atoms with Gasteiger partial charge in [0, 0.05) is 18.8 Å².